The number of carbonyl (C=O) groups is 3. The van der Waals surface area contributed by atoms with Gasteiger partial charge in [0.25, 0.3) is 5.91 Å². The lowest BCUT2D eigenvalue weighted by molar-refractivity contribution is -0.137. The highest BCUT2D eigenvalue weighted by atomic mass is 35.5. The molecule has 0 saturated carbocycles. The van der Waals surface area contributed by atoms with E-state index in [-0.39, 0.29) is 34.4 Å². The van der Waals surface area contributed by atoms with Gasteiger partial charge in [-0.1, -0.05) is 23.2 Å². The lowest BCUT2D eigenvalue weighted by atomic mass is 9.95. The Bertz CT molecular complexity index is 768. The van der Waals surface area contributed by atoms with Gasteiger partial charge in [0, 0.05) is 30.1 Å². The molecule has 2 N–H and O–H groups in total. The Morgan fingerprint density at radius 1 is 1.17 bits per heavy atom. The lowest BCUT2D eigenvalue weighted by Gasteiger charge is -2.34. The quantitative estimate of drug-likeness (QED) is 0.604. The summed E-state index contributed by atoms with van der Waals surface area (Å²) in [6.45, 7) is 4.87. The van der Waals surface area contributed by atoms with Crippen molar-refractivity contribution in [1.29, 1.82) is 0 Å². The summed E-state index contributed by atoms with van der Waals surface area (Å²) in [5, 5.41) is 6.46. The second-order valence-electron chi connectivity index (χ2n) is 7.69. The van der Waals surface area contributed by atoms with Crippen molar-refractivity contribution in [1.82, 2.24) is 15.5 Å². The third kappa shape index (κ3) is 7.06. The van der Waals surface area contributed by atoms with E-state index in [1.165, 1.54) is 6.07 Å². The maximum absolute atomic E-state index is 13.1. The predicted octanol–water partition coefficient (Wildman–Crippen LogP) is 3.61. The zero-order chi connectivity index (χ0) is 22.3. The van der Waals surface area contributed by atoms with E-state index in [1.807, 2.05) is 20.1 Å². The third-order valence-electron chi connectivity index (χ3n) is 5.00. The first-order valence-corrected chi connectivity index (χ1v) is 12.2. The zero-order valence-corrected chi connectivity index (χ0v) is 19.9. The summed E-state index contributed by atoms with van der Waals surface area (Å²) in [6, 6.07) is 4.10. The Labute approximate surface area is 192 Å². The van der Waals surface area contributed by atoms with Crippen molar-refractivity contribution in [2.24, 2.45) is 5.92 Å². The van der Waals surface area contributed by atoms with E-state index in [4.69, 9.17) is 23.2 Å². The molecule has 9 heteroatoms. The van der Waals surface area contributed by atoms with Crippen LogP contribution in [0, 0.1) is 5.92 Å². The maximum atomic E-state index is 13.1. The Morgan fingerprint density at radius 3 is 2.40 bits per heavy atom. The molecule has 1 heterocycles. The van der Waals surface area contributed by atoms with E-state index < -0.39 is 11.9 Å². The normalized spacial score (nSPS) is 15.7. The van der Waals surface area contributed by atoms with Crippen molar-refractivity contribution in [2.75, 3.05) is 25.1 Å². The van der Waals surface area contributed by atoms with Crippen molar-refractivity contribution < 1.29 is 14.4 Å². The largest absolute Gasteiger partial charge is 0.354 e. The molecule has 30 heavy (non-hydrogen) atoms. The van der Waals surface area contributed by atoms with Gasteiger partial charge in [0.15, 0.2) is 0 Å². The fraction of sp³-hybridized carbons (Fsp3) is 0.571. The van der Waals surface area contributed by atoms with E-state index in [0.29, 0.717) is 37.4 Å². The van der Waals surface area contributed by atoms with E-state index in [1.54, 1.807) is 28.8 Å². The molecule has 0 bridgehead atoms. The number of benzene rings is 1. The molecule has 1 aromatic rings. The third-order valence-corrected chi connectivity index (χ3v) is 6.19. The van der Waals surface area contributed by atoms with Crippen LogP contribution in [0.1, 0.15) is 43.5 Å². The monoisotopic (exact) mass is 473 g/mol. The molecule has 6 nitrogen and oxygen atoms in total. The fourth-order valence-corrected chi connectivity index (χ4v) is 4.35. The van der Waals surface area contributed by atoms with Gasteiger partial charge in [0.2, 0.25) is 11.8 Å². The number of amides is 3. The maximum Gasteiger partial charge on any atom is 0.253 e. The minimum absolute atomic E-state index is 0.0433. The first-order valence-electron chi connectivity index (χ1n) is 10.1. The highest BCUT2D eigenvalue weighted by Gasteiger charge is 2.31. The van der Waals surface area contributed by atoms with E-state index in [0.717, 1.165) is 5.75 Å². The molecule has 2 rings (SSSR count). The number of nitrogens with one attached hydrogen (secondary N) is 2. The molecule has 166 valence electrons. The fourth-order valence-electron chi connectivity index (χ4n) is 3.39. The van der Waals surface area contributed by atoms with Crippen LogP contribution in [0.5, 0.6) is 0 Å². The minimum atomic E-state index is -0.641. The molecule has 3 amide bonds. The van der Waals surface area contributed by atoms with Crippen molar-refractivity contribution in [3.63, 3.8) is 0 Å². The summed E-state index contributed by atoms with van der Waals surface area (Å²) in [6.07, 6.45) is 3.72. The van der Waals surface area contributed by atoms with Crippen LogP contribution < -0.4 is 10.6 Å². The van der Waals surface area contributed by atoms with Gasteiger partial charge in [-0.15, -0.1) is 0 Å². The van der Waals surface area contributed by atoms with Gasteiger partial charge in [-0.25, -0.2) is 0 Å². The first-order chi connectivity index (χ1) is 14.2. The lowest BCUT2D eigenvalue weighted by Crippen LogP contribution is -2.52. The van der Waals surface area contributed by atoms with Gasteiger partial charge in [-0.2, -0.15) is 11.8 Å². The highest BCUT2D eigenvalue weighted by Crippen LogP contribution is 2.22. The summed E-state index contributed by atoms with van der Waals surface area (Å²) in [4.78, 5) is 39.8. The van der Waals surface area contributed by atoms with Crippen molar-refractivity contribution >= 4 is 52.7 Å². The van der Waals surface area contributed by atoms with Crippen LogP contribution in [-0.2, 0) is 9.59 Å². The van der Waals surface area contributed by atoms with Crippen LogP contribution in [0.25, 0.3) is 0 Å². The topological polar surface area (TPSA) is 78.5 Å². The molecule has 1 aliphatic heterocycles. The van der Waals surface area contributed by atoms with Gasteiger partial charge in [0.1, 0.15) is 6.04 Å². The second-order valence-corrected chi connectivity index (χ2v) is 9.52. The molecular formula is C21H29Cl2N3O3S. The summed E-state index contributed by atoms with van der Waals surface area (Å²) in [5.74, 6) is 0.177. The first kappa shape index (κ1) is 24.8. The number of piperidine rings is 1. The van der Waals surface area contributed by atoms with Gasteiger partial charge in [-0.05, 0) is 63.3 Å². The molecule has 0 aliphatic carbocycles. The number of halogens is 2. The minimum Gasteiger partial charge on any atom is -0.354 e. The average molecular weight is 474 g/mol. The summed E-state index contributed by atoms with van der Waals surface area (Å²) >= 11 is 13.7. The Balaban J connectivity index is 2.01. The number of rotatable bonds is 8. The molecule has 0 spiro atoms. The van der Waals surface area contributed by atoms with Crippen LogP contribution in [0.15, 0.2) is 18.2 Å². The molecule has 1 aromatic carbocycles. The zero-order valence-electron chi connectivity index (χ0n) is 17.5. The number of nitrogens with zero attached hydrogens (tertiary/aromatic N) is 1. The molecule has 0 radical (unpaired) electrons. The van der Waals surface area contributed by atoms with Crippen LogP contribution in [0.2, 0.25) is 10.0 Å². The number of likely N-dealkylation sites (tertiary alicyclic amines) is 1. The number of hydrogen-bond acceptors (Lipinski definition) is 4. The second kappa shape index (κ2) is 11.8. The van der Waals surface area contributed by atoms with E-state index >= 15 is 0 Å². The molecule has 1 atom stereocenters. The van der Waals surface area contributed by atoms with Crippen LogP contribution in [0.4, 0.5) is 0 Å². The standard InChI is InChI=1S/C21H29Cl2N3O3S/c1-13(2)24-19(27)14-6-9-26(10-7-14)21(29)18(8-11-30-3)25-20(28)16-5-4-15(22)12-17(16)23/h4-5,12-14,18H,6-11H2,1-3H3,(H,24,27)(H,25,28). The Kier molecular flexibility index (Phi) is 9.78. The van der Waals surface area contributed by atoms with Crippen LogP contribution in [-0.4, -0.2) is 59.8 Å². The molecule has 1 unspecified atom stereocenters. The van der Waals surface area contributed by atoms with Gasteiger partial charge in [0.05, 0.1) is 10.6 Å². The van der Waals surface area contributed by atoms with Gasteiger partial charge in [-0.3, -0.25) is 14.4 Å². The Morgan fingerprint density at radius 2 is 1.83 bits per heavy atom. The summed E-state index contributed by atoms with van der Waals surface area (Å²) in [7, 11) is 0. The van der Waals surface area contributed by atoms with Crippen molar-refractivity contribution in [3.8, 4) is 0 Å². The highest BCUT2D eigenvalue weighted by molar-refractivity contribution is 7.98. The van der Waals surface area contributed by atoms with Crippen LogP contribution in [0.3, 0.4) is 0 Å². The van der Waals surface area contributed by atoms with Crippen molar-refractivity contribution in [2.45, 2.75) is 45.2 Å². The average Bonchev–Trinajstić information content (AvgIpc) is 2.70. The van der Waals surface area contributed by atoms with Gasteiger partial charge >= 0.3 is 0 Å². The number of thioether (sulfide) groups is 1. The van der Waals surface area contributed by atoms with Crippen molar-refractivity contribution in [3.05, 3.63) is 33.8 Å². The molecule has 1 saturated heterocycles. The summed E-state index contributed by atoms with van der Waals surface area (Å²) in [5.41, 5.74) is 0.284. The molecule has 1 fully saturated rings. The Hall–Kier alpha value is -1.44. The smallest absolute Gasteiger partial charge is 0.253 e. The van der Waals surface area contributed by atoms with E-state index in [9.17, 15) is 14.4 Å². The predicted molar refractivity (Wildman–Crippen MR) is 123 cm³/mol. The SMILES string of the molecule is CSCCC(NC(=O)c1ccc(Cl)cc1Cl)C(=O)N1CCC(C(=O)NC(C)C)CC1. The molecule has 1 aliphatic rings. The molecular weight excluding hydrogens is 445 g/mol. The van der Waals surface area contributed by atoms with E-state index in [2.05, 4.69) is 10.6 Å². The molecule has 0 aromatic heterocycles. The van der Waals surface area contributed by atoms with Crippen LogP contribution >= 0.6 is 35.0 Å². The van der Waals surface area contributed by atoms with Gasteiger partial charge < -0.3 is 15.5 Å². The number of hydrogen-bond donors (Lipinski definition) is 2. The summed E-state index contributed by atoms with van der Waals surface area (Å²) < 4.78 is 0. The number of carbonyl (C=O) groups excluding carboxylic acids is 3.